The molecule has 0 aromatic heterocycles. The van der Waals surface area contributed by atoms with Crippen LogP contribution in [0.5, 0.6) is 0 Å². The molecule has 0 amide bonds. The Balaban J connectivity index is 0.00000109. The van der Waals surface area contributed by atoms with Crippen molar-refractivity contribution in [1.29, 1.82) is 0 Å². The zero-order valence-corrected chi connectivity index (χ0v) is 18.9. The van der Waals surface area contributed by atoms with Crippen LogP contribution in [-0.2, 0) is 4.79 Å². The molecule has 2 N–H and O–H groups in total. The minimum atomic E-state index is -0.632. The highest BCUT2D eigenvalue weighted by molar-refractivity contribution is 5.67. The molecule has 3 heteroatoms. The summed E-state index contributed by atoms with van der Waals surface area (Å²) in [5.74, 6) is 3.45. The first-order valence-electron chi connectivity index (χ1n) is 12.2. The number of aliphatic carboxylic acids is 1. The Morgan fingerprint density at radius 1 is 0.964 bits per heavy atom. The second kappa shape index (κ2) is 8.28. The number of carbonyl (C=O) groups is 1. The first kappa shape index (κ1) is 22.1. The maximum atomic E-state index is 11.3. The van der Waals surface area contributed by atoms with Crippen LogP contribution in [0.1, 0.15) is 98.8 Å². The van der Waals surface area contributed by atoms with E-state index in [1.54, 1.807) is 0 Å². The second-order valence-electron chi connectivity index (χ2n) is 10.9. The molecule has 0 radical (unpaired) electrons. The van der Waals surface area contributed by atoms with Crippen LogP contribution in [0.15, 0.2) is 0 Å². The van der Waals surface area contributed by atoms with Gasteiger partial charge in [-0.15, -0.1) is 0 Å². The van der Waals surface area contributed by atoms with Crippen molar-refractivity contribution in [3.05, 3.63) is 0 Å². The van der Waals surface area contributed by atoms with Crippen molar-refractivity contribution in [3.63, 3.8) is 0 Å². The van der Waals surface area contributed by atoms with Gasteiger partial charge in [0.2, 0.25) is 0 Å². The van der Waals surface area contributed by atoms with Crippen LogP contribution in [0, 0.1) is 46.3 Å². The minimum absolute atomic E-state index is 0.0637. The molecule has 0 bridgehead atoms. The summed E-state index contributed by atoms with van der Waals surface area (Å²) in [4.78, 5) is 11.3. The largest absolute Gasteiger partial charge is 0.481 e. The molecule has 0 saturated heterocycles. The molecule has 7 unspecified atom stereocenters. The van der Waals surface area contributed by atoms with E-state index in [0.29, 0.717) is 29.1 Å². The predicted molar refractivity (Wildman–Crippen MR) is 114 cm³/mol. The molecular formula is C25H44O3. The van der Waals surface area contributed by atoms with Crippen molar-refractivity contribution in [2.24, 2.45) is 46.3 Å². The van der Waals surface area contributed by atoms with Crippen LogP contribution in [0.3, 0.4) is 0 Å². The summed E-state index contributed by atoms with van der Waals surface area (Å²) in [6.07, 6.45) is 11.3. The Morgan fingerprint density at radius 3 is 2.29 bits per heavy atom. The van der Waals surface area contributed by atoms with Gasteiger partial charge in [-0.25, -0.2) is 0 Å². The number of aliphatic hydroxyl groups excluding tert-OH is 1. The van der Waals surface area contributed by atoms with E-state index in [4.69, 9.17) is 0 Å². The highest BCUT2D eigenvalue weighted by atomic mass is 16.4. The zero-order valence-electron chi connectivity index (χ0n) is 18.9. The molecule has 4 aliphatic carbocycles. The highest BCUT2D eigenvalue weighted by Gasteiger charge is 2.60. The molecule has 0 aliphatic heterocycles. The van der Waals surface area contributed by atoms with Gasteiger partial charge in [-0.2, -0.15) is 0 Å². The summed E-state index contributed by atoms with van der Waals surface area (Å²) < 4.78 is 0. The molecule has 0 aromatic rings. The Hall–Kier alpha value is -0.570. The van der Waals surface area contributed by atoms with Gasteiger partial charge < -0.3 is 10.2 Å². The van der Waals surface area contributed by atoms with Gasteiger partial charge in [-0.3, -0.25) is 4.79 Å². The van der Waals surface area contributed by atoms with Crippen molar-refractivity contribution < 1.29 is 15.0 Å². The van der Waals surface area contributed by atoms with Crippen molar-refractivity contribution >= 4 is 5.97 Å². The SMILES string of the molecule is CC.C[C@H](CC(=O)O)C1CCC2C3CCC4C[C@H](O)CCC4(C)C3CCC21C. The molecule has 0 spiro atoms. The van der Waals surface area contributed by atoms with Gasteiger partial charge in [0.25, 0.3) is 0 Å². The van der Waals surface area contributed by atoms with E-state index in [-0.39, 0.29) is 6.10 Å². The van der Waals surface area contributed by atoms with Crippen LogP contribution in [0.4, 0.5) is 0 Å². The average Bonchev–Trinajstić information content (AvgIpc) is 3.01. The Kier molecular flexibility index (Phi) is 6.54. The summed E-state index contributed by atoms with van der Waals surface area (Å²) in [5, 5.41) is 19.4. The smallest absolute Gasteiger partial charge is 0.303 e. The van der Waals surface area contributed by atoms with Crippen molar-refractivity contribution in [3.8, 4) is 0 Å². The van der Waals surface area contributed by atoms with Crippen molar-refractivity contribution in [1.82, 2.24) is 0 Å². The first-order valence-corrected chi connectivity index (χ1v) is 12.2. The molecule has 9 atom stereocenters. The van der Waals surface area contributed by atoms with Crippen LogP contribution in [0.2, 0.25) is 0 Å². The lowest BCUT2D eigenvalue weighted by molar-refractivity contribution is -0.141. The lowest BCUT2D eigenvalue weighted by Gasteiger charge is -2.61. The van der Waals surface area contributed by atoms with Gasteiger partial charge in [-0.1, -0.05) is 34.6 Å². The topological polar surface area (TPSA) is 57.5 Å². The number of hydrogen-bond acceptors (Lipinski definition) is 2. The van der Waals surface area contributed by atoms with Crippen LogP contribution >= 0.6 is 0 Å². The molecule has 4 aliphatic rings. The number of rotatable bonds is 3. The van der Waals surface area contributed by atoms with Crippen molar-refractivity contribution in [2.45, 2.75) is 105 Å². The predicted octanol–water partition coefficient (Wildman–Crippen LogP) is 6.14. The number of aliphatic hydroxyl groups is 1. The molecule has 4 fully saturated rings. The number of hydrogen-bond donors (Lipinski definition) is 2. The fraction of sp³-hybridized carbons (Fsp3) is 0.960. The standard InChI is InChI=1S/C23H38O3.C2H6/c1-14(12-21(25)26)18-6-7-19-17-5-4-15-13-16(24)8-10-22(15,2)20(17)9-11-23(18,19)3;1-2/h14-20,24H,4-13H2,1-3H3,(H,25,26);1-2H3/t14-,15?,16-,17?,18?,19?,20?,22?,23?;/m1./s1. The van der Waals surface area contributed by atoms with Crippen LogP contribution in [0.25, 0.3) is 0 Å². The molecule has 0 aromatic carbocycles. The maximum absolute atomic E-state index is 11.3. The van der Waals surface area contributed by atoms with Gasteiger partial charge in [0, 0.05) is 6.42 Å². The molecule has 4 saturated carbocycles. The van der Waals surface area contributed by atoms with Crippen molar-refractivity contribution in [2.75, 3.05) is 0 Å². The summed E-state index contributed by atoms with van der Waals surface area (Å²) >= 11 is 0. The fourth-order valence-corrected chi connectivity index (χ4v) is 8.63. The molecular weight excluding hydrogens is 348 g/mol. The van der Waals surface area contributed by atoms with Crippen LogP contribution in [-0.4, -0.2) is 22.3 Å². The Labute approximate surface area is 172 Å². The normalized spacial score (nSPS) is 48.4. The van der Waals surface area contributed by atoms with E-state index in [2.05, 4.69) is 20.8 Å². The summed E-state index contributed by atoms with van der Waals surface area (Å²) in [5.41, 5.74) is 0.793. The molecule has 162 valence electrons. The Morgan fingerprint density at radius 2 is 1.61 bits per heavy atom. The molecule has 0 heterocycles. The molecule has 3 nitrogen and oxygen atoms in total. The first-order chi connectivity index (χ1) is 13.3. The molecule has 28 heavy (non-hydrogen) atoms. The third kappa shape index (κ3) is 3.55. The van der Waals surface area contributed by atoms with Gasteiger partial charge in [0.1, 0.15) is 0 Å². The second-order valence-corrected chi connectivity index (χ2v) is 10.9. The van der Waals surface area contributed by atoms with Gasteiger partial charge >= 0.3 is 5.97 Å². The maximum Gasteiger partial charge on any atom is 0.303 e. The van der Waals surface area contributed by atoms with Gasteiger partial charge in [0.05, 0.1) is 6.10 Å². The van der Waals surface area contributed by atoms with E-state index in [1.807, 2.05) is 13.8 Å². The van der Waals surface area contributed by atoms with Gasteiger partial charge in [0.15, 0.2) is 0 Å². The zero-order chi connectivity index (χ0) is 20.7. The van der Waals surface area contributed by atoms with E-state index >= 15 is 0 Å². The third-order valence-electron chi connectivity index (χ3n) is 9.89. The third-order valence-corrected chi connectivity index (χ3v) is 9.89. The number of carboxylic acid groups (broad SMARTS) is 1. The lowest BCUT2D eigenvalue weighted by atomic mass is 9.44. The van der Waals surface area contributed by atoms with Crippen LogP contribution < -0.4 is 0 Å². The number of carboxylic acids is 1. The lowest BCUT2D eigenvalue weighted by Crippen LogP contribution is -2.54. The van der Waals surface area contributed by atoms with E-state index in [9.17, 15) is 15.0 Å². The minimum Gasteiger partial charge on any atom is -0.481 e. The fourth-order valence-electron chi connectivity index (χ4n) is 8.63. The van der Waals surface area contributed by atoms with E-state index in [0.717, 1.165) is 36.5 Å². The monoisotopic (exact) mass is 392 g/mol. The number of fused-ring (bicyclic) bond motifs is 5. The highest BCUT2D eigenvalue weighted by Crippen LogP contribution is 2.68. The summed E-state index contributed by atoms with van der Waals surface area (Å²) in [6.45, 7) is 11.2. The summed E-state index contributed by atoms with van der Waals surface area (Å²) in [6, 6.07) is 0. The Bertz CT molecular complexity index is 560. The van der Waals surface area contributed by atoms with Gasteiger partial charge in [-0.05, 0) is 104 Å². The average molecular weight is 393 g/mol. The molecule has 4 rings (SSSR count). The quantitative estimate of drug-likeness (QED) is 0.606. The van der Waals surface area contributed by atoms with E-state index < -0.39 is 5.97 Å². The summed E-state index contributed by atoms with van der Waals surface area (Å²) in [7, 11) is 0. The van der Waals surface area contributed by atoms with E-state index in [1.165, 1.54) is 44.9 Å².